The van der Waals surface area contributed by atoms with Crippen molar-refractivity contribution in [3.8, 4) is 22.9 Å². The normalized spacial score (nSPS) is 11.5. The maximum absolute atomic E-state index is 13.4. The average Bonchev–Trinajstić information content (AvgIpc) is 3.59. The Morgan fingerprint density at radius 2 is 1.70 bits per heavy atom. The Kier molecular flexibility index (Phi) is 5.46. The van der Waals surface area contributed by atoms with E-state index in [0.717, 1.165) is 5.39 Å². The van der Waals surface area contributed by atoms with E-state index < -0.39 is 5.97 Å². The maximum Gasteiger partial charge on any atom is 0.338 e. The minimum atomic E-state index is -0.466. The Balaban J connectivity index is 1.45. The van der Waals surface area contributed by atoms with E-state index in [2.05, 4.69) is 10.1 Å². The summed E-state index contributed by atoms with van der Waals surface area (Å²) in [5.74, 6) is 1.05. The lowest BCUT2D eigenvalue weighted by molar-refractivity contribution is 0.0601. The lowest BCUT2D eigenvalue weighted by Gasteiger charge is -2.07. The van der Waals surface area contributed by atoms with E-state index in [4.69, 9.17) is 13.6 Å². The van der Waals surface area contributed by atoms with Gasteiger partial charge in [0.1, 0.15) is 17.1 Å². The summed E-state index contributed by atoms with van der Waals surface area (Å²) < 4.78 is 18.0. The number of carbonyl (C=O) groups is 1. The third-order valence-corrected chi connectivity index (χ3v) is 5.92. The SMILES string of the molecule is COC(=O)c1ccccc1-c1ccc(C=Nn2c(-c3cc4ccccc4o3)nc3ccccc3c2=O)o1. The summed E-state index contributed by atoms with van der Waals surface area (Å²) in [5, 5.41) is 5.73. The summed E-state index contributed by atoms with van der Waals surface area (Å²) in [6.45, 7) is 0. The van der Waals surface area contributed by atoms with Crippen molar-refractivity contribution in [2.45, 2.75) is 0 Å². The van der Waals surface area contributed by atoms with Crippen LogP contribution >= 0.6 is 0 Å². The number of hydrogen-bond donors (Lipinski definition) is 0. The highest BCUT2D eigenvalue weighted by Crippen LogP contribution is 2.28. The second-order valence-corrected chi connectivity index (χ2v) is 8.20. The molecule has 0 radical (unpaired) electrons. The van der Waals surface area contributed by atoms with Crippen LogP contribution in [0.15, 0.2) is 110 Å². The maximum atomic E-state index is 13.4. The van der Waals surface area contributed by atoms with Crippen molar-refractivity contribution in [1.29, 1.82) is 0 Å². The number of methoxy groups -OCH3 is 1. The topological polar surface area (TPSA) is 99.8 Å². The number of nitrogens with zero attached hydrogens (tertiary/aromatic N) is 3. The quantitative estimate of drug-likeness (QED) is 0.226. The molecule has 0 atom stereocenters. The first-order chi connectivity index (χ1) is 18.1. The van der Waals surface area contributed by atoms with Gasteiger partial charge in [0.25, 0.3) is 5.56 Å². The fraction of sp³-hybridized carbons (Fsp3) is 0.0345. The zero-order chi connectivity index (χ0) is 25.4. The Morgan fingerprint density at radius 3 is 2.57 bits per heavy atom. The van der Waals surface area contributed by atoms with Gasteiger partial charge in [-0.1, -0.05) is 48.5 Å². The van der Waals surface area contributed by atoms with Crippen LogP contribution in [0.3, 0.4) is 0 Å². The number of para-hydroxylation sites is 2. The van der Waals surface area contributed by atoms with Gasteiger partial charge in [-0.3, -0.25) is 4.79 Å². The largest absolute Gasteiger partial charge is 0.465 e. The molecule has 6 aromatic rings. The van der Waals surface area contributed by atoms with E-state index in [1.54, 1.807) is 54.6 Å². The number of ether oxygens (including phenoxy) is 1. The number of aromatic nitrogens is 2. The van der Waals surface area contributed by atoms with E-state index in [0.29, 0.717) is 44.9 Å². The summed E-state index contributed by atoms with van der Waals surface area (Å²) in [5.41, 5.74) is 1.83. The molecule has 0 N–H and O–H groups in total. The van der Waals surface area contributed by atoms with Gasteiger partial charge in [-0.2, -0.15) is 9.78 Å². The number of fused-ring (bicyclic) bond motifs is 2. The number of esters is 1. The molecule has 180 valence electrons. The first-order valence-corrected chi connectivity index (χ1v) is 11.4. The Morgan fingerprint density at radius 1 is 0.919 bits per heavy atom. The first kappa shape index (κ1) is 22.2. The molecule has 8 nitrogen and oxygen atoms in total. The van der Waals surface area contributed by atoms with Gasteiger partial charge in [0.2, 0.25) is 5.82 Å². The highest BCUT2D eigenvalue weighted by molar-refractivity contribution is 5.96. The Labute approximate surface area is 210 Å². The van der Waals surface area contributed by atoms with Gasteiger partial charge in [-0.15, -0.1) is 0 Å². The molecule has 0 saturated heterocycles. The molecule has 0 unspecified atom stereocenters. The second-order valence-electron chi connectivity index (χ2n) is 8.20. The Bertz CT molecular complexity index is 1840. The van der Waals surface area contributed by atoms with Crippen LogP contribution in [0.25, 0.3) is 44.8 Å². The van der Waals surface area contributed by atoms with Crippen LogP contribution in [0.1, 0.15) is 16.1 Å². The van der Waals surface area contributed by atoms with Crippen LogP contribution in [-0.2, 0) is 4.74 Å². The molecule has 8 heteroatoms. The number of rotatable bonds is 5. The highest BCUT2D eigenvalue weighted by atomic mass is 16.5. The van der Waals surface area contributed by atoms with Gasteiger partial charge in [0.05, 0.1) is 29.8 Å². The molecule has 0 fully saturated rings. The van der Waals surface area contributed by atoms with E-state index in [1.807, 2.05) is 36.4 Å². The zero-order valence-corrected chi connectivity index (χ0v) is 19.6. The van der Waals surface area contributed by atoms with Crippen molar-refractivity contribution in [2.75, 3.05) is 7.11 Å². The number of hydrogen-bond acceptors (Lipinski definition) is 7. The summed E-state index contributed by atoms with van der Waals surface area (Å²) >= 11 is 0. The van der Waals surface area contributed by atoms with Crippen molar-refractivity contribution in [2.24, 2.45) is 5.10 Å². The van der Waals surface area contributed by atoms with Crippen molar-refractivity contribution < 1.29 is 18.4 Å². The molecule has 0 saturated carbocycles. The van der Waals surface area contributed by atoms with Crippen molar-refractivity contribution in [3.63, 3.8) is 0 Å². The summed E-state index contributed by atoms with van der Waals surface area (Å²) in [6, 6.07) is 26.9. The van der Waals surface area contributed by atoms with Gasteiger partial charge in [0.15, 0.2) is 5.76 Å². The van der Waals surface area contributed by atoms with Crippen LogP contribution in [0.5, 0.6) is 0 Å². The van der Waals surface area contributed by atoms with Crippen LogP contribution in [-0.4, -0.2) is 29.0 Å². The van der Waals surface area contributed by atoms with Crippen molar-refractivity contribution in [1.82, 2.24) is 9.66 Å². The second kappa shape index (κ2) is 9.09. The van der Waals surface area contributed by atoms with Gasteiger partial charge in [0, 0.05) is 10.9 Å². The molecule has 3 heterocycles. The highest BCUT2D eigenvalue weighted by Gasteiger charge is 2.17. The van der Waals surface area contributed by atoms with E-state index in [9.17, 15) is 9.59 Å². The fourth-order valence-corrected chi connectivity index (χ4v) is 4.15. The average molecular weight is 489 g/mol. The van der Waals surface area contributed by atoms with Crippen LogP contribution in [0, 0.1) is 0 Å². The molecular weight excluding hydrogens is 470 g/mol. The summed E-state index contributed by atoms with van der Waals surface area (Å²) in [6.07, 6.45) is 1.42. The lowest BCUT2D eigenvalue weighted by Crippen LogP contribution is -2.20. The molecule has 0 aliphatic heterocycles. The van der Waals surface area contributed by atoms with E-state index in [1.165, 1.54) is 18.0 Å². The Hall–Kier alpha value is -5.24. The molecule has 0 bridgehead atoms. The van der Waals surface area contributed by atoms with E-state index >= 15 is 0 Å². The molecule has 3 aromatic heterocycles. The predicted octanol–water partition coefficient (Wildman–Crippen LogP) is 5.74. The molecule has 0 amide bonds. The standard InChI is InChI=1S/C29H19N3O5/c1-35-29(34)21-10-4-3-9-20(21)25-15-14-19(36-25)17-30-32-27(26-16-18-8-2-7-13-24(18)37-26)31-23-12-6-5-11-22(23)28(32)33/h2-17H,1H3. The molecule has 3 aromatic carbocycles. The number of carbonyl (C=O) groups excluding carboxylic acids is 1. The molecule has 37 heavy (non-hydrogen) atoms. The van der Waals surface area contributed by atoms with Gasteiger partial charge in [-0.25, -0.2) is 9.78 Å². The van der Waals surface area contributed by atoms with E-state index in [-0.39, 0.29) is 11.4 Å². The minimum absolute atomic E-state index is 0.263. The number of benzene rings is 3. The van der Waals surface area contributed by atoms with Gasteiger partial charge in [-0.05, 0) is 42.5 Å². The van der Waals surface area contributed by atoms with Crippen LogP contribution < -0.4 is 5.56 Å². The minimum Gasteiger partial charge on any atom is -0.465 e. The molecule has 0 aliphatic carbocycles. The lowest BCUT2D eigenvalue weighted by atomic mass is 10.1. The third-order valence-electron chi connectivity index (χ3n) is 5.92. The summed E-state index contributed by atoms with van der Waals surface area (Å²) in [7, 11) is 1.33. The van der Waals surface area contributed by atoms with Gasteiger partial charge >= 0.3 is 5.97 Å². The predicted molar refractivity (Wildman–Crippen MR) is 140 cm³/mol. The monoisotopic (exact) mass is 489 g/mol. The van der Waals surface area contributed by atoms with Crippen molar-refractivity contribution in [3.05, 3.63) is 113 Å². The molecule has 0 aliphatic rings. The summed E-state index contributed by atoms with van der Waals surface area (Å²) in [4.78, 5) is 30.3. The fourth-order valence-electron chi connectivity index (χ4n) is 4.15. The third kappa shape index (κ3) is 4.00. The number of furan rings is 2. The molecular formula is C29H19N3O5. The molecule has 0 spiro atoms. The van der Waals surface area contributed by atoms with Gasteiger partial charge < -0.3 is 13.6 Å². The molecule has 6 rings (SSSR count). The zero-order valence-electron chi connectivity index (χ0n) is 19.6. The first-order valence-electron chi connectivity index (χ1n) is 11.4. The van der Waals surface area contributed by atoms with Crippen LogP contribution in [0.2, 0.25) is 0 Å². The van der Waals surface area contributed by atoms with Crippen LogP contribution in [0.4, 0.5) is 0 Å². The van der Waals surface area contributed by atoms with Crippen molar-refractivity contribution >= 4 is 34.1 Å². The smallest absolute Gasteiger partial charge is 0.338 e.